The number of ether oxygens (including phenoxy) is 1. The van der Waals surface area contributed by atoms with Gasteiger partial charge in [-0.25, -0.2) is 4.79 Å². The summed E-state index contributed by atoms with van der Waals surface area (Å²) in [4.78, 5) is 12.3. The van der Waals surface area contributed by atoms with Crippen LogP contribution in [0.15, 0.2) is 11.6 Å². The minimum absolute atomic E-state index is 0.0839. The third-order valence-corrected chi connectivity index (χ3v) is 4.98. The van der Waals surface area contributed by atoms with Crippen molar-refractivity contribution in [2.24, 2.45) is 11.8 Å². The van der Waals surface area contributed by atoms with Crippen molar-refractivity contribution in [1.29, 1.82) is 5.26 Å². The van der Waals surface area contributed by atoms with E-state index in [9.17, 15) is 10.1 Å². The summed E-state index contributed by atoms with van der Waals surface area (Å²) in [5.74, 6) is 0.494. The number of hydrogen-bond acceptors (Lipinski definition) is 3. The molecule has 1 fully saturated rings. The molecule has 1 aromatic heterocycles. The summed E-state index contributed by atoms with van der Waals surface area (Å²) >= 11 is 0. The molecule has 0 saturated heterocycles. The monoisotopic (exact) mass is 342 g/mol. The van der Waals surface area contributed by atoms with E-state index in [1.54, 1.807) is 6.08 Å². The molecule has 4 heteroatoms. The fourth-order valence-electron chi connectivity index (χ4n) is 3.54. The molecule has 0 N–H and O–H groups in total. The van der Waals surface area contributed by atoms with Crippen molar-refractivity contribution in [3.63, 3.8) is 0 Å². The highest BCUT2D eigenvalue weighted by atomic mass is 16.5. The Balaban J connectivity index is 2.08. The zero-order valence-electron chi connectivity index (χ0n) is 16.0. The third kappa shape index (κ3) is 5.22. The first-order valence-corrected chi connectivity index (χ1v) is 9.38. The highest BCUT2D eigenvalue weighted by Crippen LogP contribution is 2.24. The SMILES string of the molecule is Cc1cc(/C=C(\C#N)C(=O)OCC2CCCCC2)c(C)n1CC(C)C. The Bertz CT molecular complexity index is 671. The van der Waals surface area contributed by atoms with Crippen LogP contribution in [0.5, 0.6) is 0 Å². The van der Waals surface area contributed by atoms with E-state index in [2.05, 4.69) is 25.3 Å². The lowest BCUT2D eigenvalue weighted by Gasteiger charge is -2.20. The van der Waals surface area contributed by atoms with Gasteiger partial charge in [0.15, 0.2) is 0 Å². The van der Waals surface area contributed by atoms with Gasteiger partial charge in [0.1, 0.15) is 11.6 Å². The van der Waals surface area contributed by atoms with E-state index in [1.807, 2.05) is 19.1 Å². The van der Waals surface area contributed by atoms with Crippen LogP contribution < -0.4 is 0 Å². The molecule has 0 aliphatic heterocycles. The summed E-state index contributed by atoms with van der Waals surface area (Å²) in [6, 6.07) is 4.04. The van der Waals surface area contributed by atoms with Gasteiger partial charge in [-0.2, -0.15) is 5.26 Å². The number of aryl methyl sites for hydroxylation is 1. The van der Waals surface area contributed by atoms with Gasteiger partial charge in [0, 0.05) is 17.9 Å². The molecule has 1 aromatic rings. The smallest absolute Gasteiger partial charge is 0.348 e. The molecule has 0 spiro atoms. The van der Waals surface area contributed by atoms with Crippen molar-refractivity contribution >= 4 is 12.0 Å². The van der Waals surface area contributed by atoms with Gasteiger partial charge in [0.2, 0.25) is 0 Å². The lowest BCUT2D eigenvalue weighted by Crippen LogP contribution is -2.17. The van der Waals surface area contributed by atoms with Crippen LogP contribution in [-0.2, 0) is 16.1 Å². The van der Waals surface area contributed by atoms with E-state index < -0.39 is 5.97 Å². The topological polar surface area (TPSA) is 55.0 Å². The number of hydrogen-bond donors (Lipinski definition) is 0. The van der Waals surface area contributed by atoms with Gasteiger partial charge >= 0.3 is 5.97 Å². The minimum atomic E-state index is -0.498. The zero-order chi connectivity index (χ0) is 18.4. The number of esters is 1. The Morgan fingerprint density at radius 3 is 2.64 bits per heavy atom. The van der Waals surface area contributed by atoms with E-state index in [0.29, 0.717) is 18.4 Å². The summed E-state index contributed by atoms with van der Waals surface area (Å²) in [5, 5.41) is 9.38. The van der Waals surface area contributed by atoms with Crippen LogP contribution in [0.1, 0.15) is 62.9 Å². The predicted octanol–water partition coefficient (Wildman–Crippen LogP) is 4.79. The molecule has 0 unspecified atom stereocenters. The number of nitrogens with zero attached hydrogens (tertiary/aromatic N) is 2. The van der Waals surface area contributed by atoms with Crippen LogP contribution in [0, 0.1) is 37.0 Å². The van der Waals surface area contributed by atoms with Crippen molar-refractivity contribution in [1.82, 2.24) is 4.57 Å². The van der Waals surface area contributed by atoms with E-state index >= 15 is 0 Å². The fourth-order valence-corrected chi connectivity index (χ4v) is 3.54. The van der Waals surface area contributed by atoms with Crippen molar-refractivity contribution in [3.05, 3.63) is 28.6 Å². The Labute approximate surface area is 151 Å². The van der Waals surface area contributed by atoms with Gasteiger partial charge in [-0.05, 0) is 56.2 Å². The number of carbonyl (C=O) groups excluding carboxylic acids is 1. The molecule has 0 bridgehead atoms. The van der Waals surface area contributed by atoms with Crippen LogP contribution in [0.3, 0.4) is 0 Å². The molecule has 0 atom stereocenters. The summed E-state index contributed by atoms with van der Waals surface area (Å²) in [5.41, 5.74) is 3.23. The first kappa shape index (κ1) is 19.3. The Morgan fingerprint density at radius 2 is 2.04 bits per heavy atom. The van der Waals surface area contributed by atoms with Crippen LogP contribution >= 0.6 is 0 Å². The molecule has 0 amide bonds. The van der Waals surface area contributed by atoms with Crippen molar-refractivity contribution in [2.75, 3.05) is 6.61 Å². The molecule has 0 radical (unpaired) electrons. The lowest BCUT2D eigenvalue weighted by atomic mass is 9.90. The van der Waals surface area contributed by atoms with E-state index in [4.69, 9.17) is 4.74 Å². The predicted molar refractivity (Wildman–Crippen MR) is 99.9 cm³/mol. The van der Waals surface area contributed by atoms with E-state index in [0.717, 1.165) is 36.3 Å². The average molecular weight is 342 g/mol. The fraction of sp³-hybridized carbons (Fsp3) is 0.619. The second-order valence-corrected chi connectivity index (χ2v) is 7.60. The first-order valence-electron chi connectivity index (χ1n) is 9.38. The van der Waals surface area contributed by atoms with Crippen molar-refractivity contribution < 1.29 is 9.53 Å². The van der Waals surface area contributed by atoms with Crippen LogP contribution in [0.4, 0.5) is 0 Å². The number of aromatic nitrogens is 1. The molecule has 0 aromatic carbocycles. The molecule has 1 heterocycles. The highest BCUT2D eigenvalue weighted by molar-refractivity contribution is 5.98. The van der Waals surface area contributed by atoms with Crippen LogP contribution in [-0.4, -0.2) is 17.1 Å². The summed E-state index contributed by atoms with van der Waals surface area (Å²) in [6.07, 6.45) is 7.61. The molecule has 1 saturated carbocycles. The minimum Gasteiger partial charge on any atom is -0.461 e. The Hall–Kier alpha value is -2.02. The Morgan fingerprint density at radius 1 is 1.36 bits per heavy atom. The van der Waals surface area contributed by atoms with Crippen molar-refractivity contribution in [3.8, 4) is 6.07 Å². The standard InChI is InChI=1S/C21H30N2O2/c1-15(2)13-23-16(3)10-19(17(23)4)11-20(12-22)21(24)25-14-18-8-6-5-7-9-18/h10-11,15,18H,5-9,13-14H2,1-4H3/b20-11+. The molecule has 136 valence electrons. The third-order valence-electron chi connectivity index (χ3n) is 4.98. The molecule has 1 aliphatic carbocycles. The second kappa shape index (κ2) is 8.89. The number of nitriles is 1. The molecule has 4 nitrogen and oxygen atoms in total. The largest absolute Gasteiger partial charge is 0.461 e. The normalized spacial score (nSPS) is 16.1. The van der Waals surface area contributed by atoms with Crippen LogP contribution in [0.2, 0.25) is 0 Å². The molecule has 25 heavy (non-hydrogen) atoms. The van der Waals surface area contributed by atoms with Crippen LogP contribution in [0.25, 0.3) is 6.08 Å². The maximum Gasteiger partial charge on any atom is 0.348 e. The lowest BCUT2D eigenvalue weighted by molar-refractivity contribution is -0.140. The second-order valence-electron chi connectivity index (χ2n) is 7.60. The zero-order valence-corrected chi connectivity index (χ0v) is 16.0. The Kier molecular flexibility index (Phi) is 6.87. The van der Waals surface area contributed by atoms with Gasteiger partial charge in [0.25, 0.3) is 0 Å². The maximum absolute atomic E-state index is 12.3. The molecular weight excluding hydrogens is 312 g/mol. The maximum atomic E-state index is 12.3. The van der Waals surface area contributed by atoms with Gasteiger partial charge in [-0.3, -0.25) is 0 Å². The summed E-state index contributed by atoms with van der Waals surface area (Å²) < 4.78 is 7.65. The highest BCUT2D eigenvalue weighted by Gasteiger charge is 2.18. The molecule has 1 aliphatic rings. The quantitative estimate of drug-likeness (QED) is 0.424. The van der Waals surface area contributed by atoms with Gasteiger partial charge in [-0.15, -0.1) is 0 Å². The van der Waals surface area contributed by atoms with Gasteiger partial charge < -0.3 is 9.30 Å². The van der Waals surface area contributed by atoms with Gasteiger partial charge in [0.05, 0.1) is 6.61 Å². The van der Waals surface area contributed by atoms with E-state index in [-0.39, 0.29) is 5.57 Å². The van der Waals surface area contributed by atoms with Crippen molar-refractivity contribution in [2.45, 2.75) is 66.3 Å². The summed E-state index contributed by atoms with van der Waals surface area (Å²) in [6.45, 7) is 9.81. The average Bonchev–Trinajstić information content (AvgIpc) is 2.85. The van der Waals surface area contributed by atoms with Gasteiger partial charge in [-0.1, -0.05) is 33.1 Å². The first-order chi connectivity index (χ1) is 11.9. The van der Waals surface area contributed by atoms with E-state index in [1.165, 1.54) is 19.3 Å². The number of rotatable bonds is 6. The summed E-state index contributed by atoms with van der Waals surface area (Å²) in [7, 11) is 0. The molecular formula is C21H30N2O2. The molecule has 2 rings (SSSR count). The number of carbonyl (C=O) groups is 1.